The molecule has 0 aromatic rings. The molecule has 0 amide bonds. The van der Waals surface area contributed by atoms with Crippen LogP contribution in [-0.2, 0) is 66.7 Å². The third-order valence-electron chi connectivity index (χ3n) is 23.0. The highest BCUT2D eigenvalue weighted by molar-refractivity contribution is 5.74. The molecule has 3 atom stereocenters. The fourth-order valence-corrected chi connectivity index (χ4v) is 16.6. The Morgan fingerprint density at radius 1 is 0.296 bits per heavy atom. The zero-order valence-electron chi connectivity index (χ0n) is 77.8. The van der Waals surface area contributed by atoms with Gasteiger partial charge >= 0.3 is 41.8 Å². The molecule has 0 radical (unpaired) electrons. The van der Waals surface area contributed by atoms with Gasteiger partial charge in [0.15, 0.2) is 0 Å². The molecule has 10 fully saturated rings. The van der Waals surface area contributed by atoms with Crippen LogP contribution in [0.25, 0.3) is 0 Å². The van der Waals surface area contributed by atoms with Crippen molar-refractivity contribution in [1.82, 2.24) is 0 Å². The second kappa shape index (κ2) is 52.6. The lowest BCUT2D eigenvalue weighted by Crippen LogP contribution is -2.57. The summed E-state index contributed by atoms with van der Waals surface area (Å²) < 4.78 is 38.8. The second-order valence-electron chi connectivity index (χ2n) is 37.3. The van der Waals surface area contributed by atoms with Gasteiger partial charge in [-0.1, -0.05) is 211 Å². The van der Waals surface area contributed by atoms with Crippen molar-refractivity contribution in [3.05, 3.63) is 0 Å². The molecule has 6 bridgehead atoms. The van der Waals surface area contributed by atoms with Crippen molar-refractivity contribution in [2.45, 2.75) is 475 Å². The van der Waals surface area contributed by atoms with E-state index in [0.29, 0.717) is 17.8 Å². The van der Waals surface area contributed by atoms with Gasteiger partial charge in [-0.3, -0.25) is 33.6 Å². The van der Waals surface area contributed by atoms with Crippen molar-refractivity contribution in [2.24, 2.45) is 88.3 Å². The van der Waals surface area contributed by atoms with Crippen LogP contribution in [0.15, 0.2) is 0 Å². The summed E-state index contributed by atoms with van der Waals surface area (Å²) in [5.74, 6) is 4.77. The quantitative estimate of drug-likeness (QED) is 0.105. The molecule has 640 valence electrons. The van der Waals surface area contributed by atoms with Gasteiger partial charge in [-0.05, 0) is 266 Å². The SMILES string of the molecule is CC.CC.CC.CC.CC.CC(C)C(=O)OC(C)(C)C.CC(C)C(=O)OC(C)(C)C12CC3CC(CC(C3)C1)C2.CC(C)C(=O)OC(C)(C)C1CCCCC1.CC(C)C(=O)OC(C)(C)C1CCCCC1.CC(C)C(=O)OC1(C)CC2CCC1C2.CC(C)C(=O)OC1(C)CCCC1.CC(C)C(=O)OC1(C)CCCCC1. The highest BCUT2D eigenvalue weighted by atomic mass is 16.6. The number of hydrogen-bond acceptors (Lipinski definition) is 14. The number of esters is 7. The molecule has 14 nitrogen and oxygen atoms in total. The molecule has 0 N–H and O–H groups in total. The standard InChI is InChI=1S/C17H28O2.2C13H24O2.C12H20O2.C11H20O2.C10H18O2.C8H16O2.5C2H6/c1-11(2)15(18)19-16(3,4)17-8-12-5-13(9-17)7-14(6-12)10-17;2*1-10(2)12(14)15-13(3,4)11-8-6-5-7-9-11;1-8(2)11(13)14-12(3)7-9-4-5-10(12)6-9;1-9(2)10(12)13-11(3)7-5-4-6-8-11;1-8(2)9(11)12-10(3)6-4-5-7-10;1-6(2)7(9)10-8(3,4)5;5*1-2/h11-14H,5-10H2,1-4H3;2*10-11H,5-9H2,1-4H3;8-10H,4-7H2,1-3H3;9H,4-8H2,1-3H3;8H,4-7H2,1-3H3;6H,1-5H3;5*1-2H3. The molecule has 108 heavy (non-hydrogen) atoms. The van der Waals surface area contributed by atoms with Gasteiger partial charge in [-0.15, -0.1) is 0 Å². The van der Waals surface area contributed by atoms with Gasteiger partial charge in [0, 0.05) is 5.41 Å². The molecule has 0 aromatic carbocycles. The first-order valence-corrected chi connectivity index (χ1v) is 44.7. The number of carbonyl (C=O) groups is 7. The van der Waals surface area contributed by atoms with E-state index < -0.39 is 0 Å². The van der Waals surface area contributed by atoms with E-state index in [0.717, 1.165) is 55.8 Å². The Morgan fingerprint density at radius 3 is 0.824 bits per heavy atom. The number of ether oxygens (including phenoxy) is 7. The predicted molar refractivity (Wildman–Crippen MR) is 451 cm³/mol. The van der Waals surface area contributed by atoms with Gasteiger partial charge < -0.3 is 33.2 Å². The van der Waals surface area contributed by atoms with E-state index >= 15 is 0 Å². The minimum absolute atomic E-state index is 0.00116. The van der Waals surface area contributed by atoms with Crippen LogP contribution in [0.4, 0.5) is 0 Å². The first-order valence-electron chi connectivity index (χ1n) is 44.7. The predicted octanol–water partition coefficient (Wildman–Crippen LogP) is 26.6. The van der Waals surface area contributed by atoms with Crippen LogP contribution in [0.1, 0.15) is 435 Å². The molecule has 14 heteroatoms. The topological polar surface area (TPSA) is 184 Å². The first kappa shape index (κ1) is 108. The van der Waals surface area contributed by atoms with Crippen molar-refractivity contribution in [1.29, 1.82) is 0 Å². The van der Waals surface area contributed by atoms with Crippen LogP contribution in [0.3, 0.4) is 0 Å². The monoisotopic (exact) mass is 1530 g/mol. The fraction of sp³-hybridized carbons (Fsp3) is 0.926. The van der Waals surface area contributed by atoms with Crippen molar-refractivity contribution >= 4 is 41.8 Å². The van der Waals surface area contributed by atoms with E-state index in [2.05, 4.69) is 55.4 Å². The van der Waals surface area contributed by atoms with Crippen LogP contribution in [0.5, 0.6) is 0 Å². The van der Waals surface area contributed by atoms with E-state index in [9.17, 15) is 33.6 Å². The van der Waals surface area contributed by atoms with E-state index in [1.54, 1.807) is 0 Å². The molecule has 10 aliphatic rings. The first-order chi connectivity index (χ1) is 50.1. The molecular formula is C94H180O14. The minimum atomic E-state index is -0.346. The summed E-state index contributed by atoms with van der Waals surface area (Å²) in [5.41, 5.74) is -1.37. The molecule has 3 unspecified atom stereocenters. The Balaban J connectivity index is -0.00000117. The molecule has 0 aliphatic heterocycles. The third kappa shape index (κ3) is 39.8. The Hall–Kier alpha value is -3.71. The number of hydrogen-bond donors (Lipinski definition) is 0. The zero-order chi connectivity index (χ0) is 84.6. The average molecular weight is 1530 g/mol. The lowest BCUT2D eigenvalue weighted by atomic mass is 9.46. The highest BCUT2D eigenvalue weighted by Crippen LogP contribution is 2.64. The maximum absolute atomic E-state index is 12.0. The number of rotatable bonds is 16. The smallest absolute Gasteiger partial charge is 0.308 e. The molecule has 0 saturated heterocycles. The summed E-state index contributed by atoms with van der Waals surface area (Å²) in [7, 11) is 0. The normalized spacial score (nSPS) is 24.1. The summed E-state index contributed by atoms with van der Waals surface area (Å²) in [6.07, 6.45) is 36.0. The van der Waals surface area contributed by atoms with Gasteiger partial charge in [0.25, 0.3) is 0 Å². The van der Waals surface area contributed by atoms with E-state index in [1.165, 1.54) is 154 Å². The highest BCUT2D eigenvalue weighted by Gasteiger charge is 2.59. The van der Waals surface area contributed by atoms with E-state index in [4.69, 9.17) is 33.2 Å². The van der Waals surface area contributed by atoms with Gasteiger partial charge in [-0.25, -0.2) is 0 Å². The molecule has 10 aliphatic carbocycles. The Bertz CT molecular complexity index is 2370. The van der Waals surface area contributed by atoms with Gasteiger partial charge in [0.1, 0.15) is 39.2 Å². The fourth-order valence-electron chi connectivity index (χ4n) is 16.6. The van der Waals surface area contributed by atoms with Crippen molar-refractivity contribution < 1.29 is 66.7 Å². The second-order valence-corrected chi connectivity index (χ2v) is 37.3. The summed E-state index contributed by atoms with van der Waals surface area (Å²) in [6, 6.07) is 0. The van der Waals surface area contributed by atoms with Crippen LogP contribution < -0.4 is 0 Å². The minimum Gasteiger partial charge on any atom is -0.460 e. The summed E-state index contributed by atoms with van der Waals surface area (Å²) in [4.78, 5) is 80.4. The summed E-state index contributed by atoms with van der Waals surface area (Å²) in [6.45, 7) is 70.8. The molecular weight excluding hydrogens is 1350 g/mol. The van der Waals surface area contributed by atoms with Crippen LogP contribution >= 0.6 is 0 Å². The van der Waals surface area contributed by atoms with Crippen LogP contribution in [-0.4, -0.2) is 81.0 Å². The van der Waals surface area contributed by atoms with Crippen LogP contribution in [0, 0.1) is 88.3 Å². The maximum Gasteiger partial charge on any atom is 0.308 e. The third-order valence-corrected chi connectivity index (χ3v) is 23.0. The molecule has 0 spiro atoms. The Labute approximate surface area is 668 Å². The number of carbonyl (C=O) groups excluding carboxylic acids is 7. The number of fused-ring (bicyclic) bond motifs is 2. The van der Waals surface area contributed by atoms with Gasteiger partial charge in [0.05, 0.1) is 41.4 Å². The van der Waals surface area contributed by atoms with E-state index in [-0.39, 0.29) is 128 Å². The van der Waals surface area contributed by atoms with Gasteiger partial charge in [-0.2, -0.15) is 0 Å². The summed E-state index contributed by atoms with van der Waals surface area (Å²) in [5, 5.41) is 0. The van der Waals surface area contributed by atoms with E-state index in [1.807, 2.05) is 194 Å². The zero-order valence-corrected chi connectivity index (χ0v) is 77.8. The lowest BCUT2D eigenvalue weighted by Gasteiger charge is -2.61. The molecule has 10 saturated carbocycles. The Kier molecular flexibility index (Phi) is 52.9. The molecule has 10 rings (SSSR count). The van der Waals surface area contributed by atoms with Crippen LogP contribution in [0.2, 0.25) is 0 Å². The lowest BCUT2D eigenvalue weighted by molar-refractivity contribution is -0.201. The maximum atomic E-state index is 12.0. The van der Waals surface area contributed by atoms with Gasteiger partial charge in [0.2, 0.25) is 0 Å². The average Bonchev–Trinajstić information content (AvgIpc) is 1.01. The largest absolute Gasteiger partial charge is 0.460 e. The van der Waals surface area contributed by atoms with Crippen molar-refractivity contribution in [3.8, 4) is 0 Å². The molecule has 0 aromatic heterocycles. The van der Waals surface area contributed by atoms with Crippen molar-refractivity contribution in [3.63, 3.8) is 0 Å². The Morgan fingerprint density at radius 2 is 0.565 bits per heavy atom. The summed E-state index contributed by atoms with van der Waals surface area (Å²) >= 11 is 0. The van der Waals surface area contributed by atoms with Crippen molar-refractivity contribution in [2.75, 3.05) is 0 Å². The molecule has 0 heterocycles.